The Morgan fingerprint density at radius 1 is 1.24 bits per heavy atom. The molecule has 0 fully saturated rings. The molecule has 2 aliphatic rings. The van der Waals surface area contributed by atoms with Crippen LogP contribution in [0.2, 0.25) is 0 Å². The van der Waals surface area contributed by atoms with Crippen LogP contribution in [0.5, 0.6) is 0 Å². The molecule has 0 unspecified atom stereocenters. The molecule has 2 aliphatic heterocycles. The maximum atomic E-state index is 13.5. The standard InChI is InChI=1S/C18H18BF2N3O/c1-3-23(4-2)14-9-8-13(15(12-14)19(20)21)11-16-18(25)24-10-6-5-7-17(24)22-16/h5-12H,3-4H2,1-2H3/b16-11+. The average Bonchev–Trinajstić information content (AvgIpc) is 2.93. The second-order valence-electron chi connectivity index (χ2n) is 5.66. The number of nitrogens with zero attached hydrogens (tertiary/aromatic N) is 3. The highest BCUT2D eigenvalue weighted by Crippen LogP contribution is 2.22. The molecule has 0 saturated heterocycles. The summed E-state index contributed by atoms with van der Waals surface area (Å²) in [6.45, 7) is 5.43. The number of anilines is 1. The van der Waals surface area contributed by atoms with Crippen molar-refractivity contribution in [3.63, 3.8) is 0 Å². The number of rotatable bonds is 5. The molecule has 0 aromatic heterocycles. The minimum Gasteiger partial charge on any atom is -0.372 e. The minimum absolute atomic E-state index is 0.0964. The van der Waals surface area contributed by atoms with Gasteiger partial charge in [0.25, 0.3) is 5.91 Å². The van der Waals surface area contributed by atoms with E-state index in [-0.39, 0.29) is 17.1 Å². The van der Waals surface area contributed by atoms with E-state index in [0.29, 0.717) is 11.4 Å². The van der Waals surface area contributed by atoms with Gasteiger partial charge in [0, 0.05) is 30.4 Å². The number of hydrogen-bond acceptors (Lipinski definition) is 3. The maximum Gasteiger partial charge on any atom is 0.572 e. The average molecular weight is 341 g/mol. The quantitative estimate of drug-likeness (QED) is 0.610. The van der Waals surface area contributed by atoms with Crippen molar-refractivity contribution in [3.05, 3.63) is 53.9 Å². The van der Waals surface area contributed by atoms with Gasteiger partial charge in [-0.05, 0) is 49.8 Å². The Bertz CT molecular complexity index is 811. The molecule has 0 radical (unpaired) electrons. The second-order valence-corrected chi connectivity index (χ2v) is 5.66. The van der Waals surface area contributed by atoms with Crippen LogP contribution in [-0.2, 0) is 4.79 Å². The molecule has 4 nitrogen and oxygen atoms in total. The van der Waals surface area contributed by atoms with Gasteiger partial charge in [0.05, 0.1) is 0 Å². The highest BCUT2D eigenvalue weighted by molar-refractivity contribution is 6.61. The second kappa shape index (κ2) is 7.05. The van der Waals surface area contributed by atoms with Crippen LogP contribution in [-0.4, -0.2) is 37.0 Å². The van der Waals surface area contributed by atoms with Crippen LogP contribution < -0.4 is 10.4 Å². The van der Waals surface area contributed by atoms with Gasteiger partial charge in [0.1, 0.15) is 11.5 Å². The van der Waals surface area contributed by atoms with Gasteiger partial charge >= 0.3 is 7.27 Å². The topological polar surface area (TPSA) is 35.9 Å². The smallest absolute Gasteiger partial charge is 0.372 e. The zero-order chi connectivity index (χ0) is 18.0. The van der Waals surface area contributed by atoms with E-state index >= 15 is 0 Å². The summed E-state index contributed by atoms with van der Waals surface area (Å²) in [6.07, 6.45) is 8.25. The molecule has 0 atom stereocenters. The predicted octanol–water partition coefficient (Wildman–Crippen LogP) is 2.83. The van der Waals surface area contributed by atoms with Crippen LogP contribution in [0.1, 0.15) is 19.4 Å². The first kappa shape index (κ1) is 17.1. The lowest BCUT2D eigenvalue weighted by Crippen LogP contribution is -2.28. The monoisotopic (exact) mass is 341 g/mol. The Balaban J connectivity index is 2.00. The number of carbonyl (C=O) groups is 1. The summed E-state index contributed by atoms with van der Waals surface area (Å²) in [5.74, 6) is 0.181. The van der Waals surface area contributed by atoms with E-state index in [1.54, 1.807) is 36.6 Å². The number of amidine groups is 1. The van der Waals surface area contributed by atoms with Crippen molar-refractivity contribution in [2.75, 3.05) is 18.0 Å². The zero-order valence-corrected chi connectivity index (χ0v) is 14.1. The number of amides is 1. The van der Waals surface area contributed by atoms with Gasteiger partial charge in [0.15, 0.2) is 0 Å². The van der Waals surface area contributed by atoms with Crippen molar-refractivity contribution in [3.8, 4) is 0 Å². The van der Waals surface area contributed by atoms with E-state index in [1.807, 2.05) is 18.7 Å². The molecule has 0 spiro atoms. The molecule has 3 rings (SSSR count). The van der Waals surface area contributed by atoms with E-state index < -0.39 is 7.27 Å². The fraction of sp³-hybridized carbons (Fsp3) is 0.222. The van der Waals surface area contributed by atoms with Crippen molar-refractivity contribution in [2.24, 2.45) is 4.99 Å². The number of hydrogen-bond donors (Lipinski definition) is 0. The number of carbonyl (C=O) groups excluding carboxylic acids is 1. The van der Waals surface area contributed by atoms with Crippen LogP contribution in [0.25, 0.3) is 6.08 Å². The minimum atomic E-state index is -2.63. The zero-order valence-electron chi connectivity index (χ0n) is 14.1. The molecule has 1 aromatic carbocycles. The third-order valence-electron chi connectivity index (χ3n) is 4.24. The number of allylic oxidation sites excluding steroid dienone is 2. The van der Waals surface area contributed by atoms with Crippen LogP contribution in [0.4, 0.5) is 14.3 Å². The normalized spacial score (nSPS) is 17.1. The fourth-order valence-corrected chi connectivity index (χ4v) is 2.90. The molecule has 0 aliphatic carbocycles. The SMILES string of the molecule is CCN(CC)c1ccc(/C=C2/N=C3C=CC=CN3C2=O)c(B(F)F)c1. The summed E-state index contributed by atoms with van der Waals surface area (Å²) < 4.78 is 27.1. The lowest BCUT2D eigenvalue weighted by Gasteiger charge is -2.22. The van der Waals surface area contributed by atoms with Gasteiger partial charge in [-0.15, -0.1) is 0 Å². The van der Waals surface area contributed by atoms with Crippen LogP contribution in [0, 0.1) is 0 Å². The summed E-state index contributed by atoms with van der Waals surface area (Å²) in [5.41, 5.74) is 1.12. The Kier molecular flexibility index (Phi) is 4.83. The van der Waals surface area contributed by atoms with Gasteiger partial charge < -0.3 is 4.90 Å². The fourth-order valence-electron chi connectivity index (χ4n) is 2.90. The molecule has 2 heterocycles. The molecule has 1 amide bonds. The molecular formula is C18H18BF2N3O. The molecule has 25 heavy (non-hydrogen) atoms. The van der Waals surface area contributed by atoms with Crippen LogP contribution >= 0.6 is 0 Å². The van der Waals surface area contributed by atoms with Crippen LogP contribution in [0.15, 0.2) is 53.3 Å². The molecule has 0 N–H and O–H groups in total. The Hall–Kier alpha value is -2.70. The van der Waals surface area contributed by atoms with Crippen LogP contribution in [0.3, 0.4) is 0 Å². The van der Waals surface area contributed by atoms with Crippen molar-refractivity contribution in [2.45, 2.75) is 13.8 Å². The Labute approximate surface area is 146 Å². The first-order valence-corrected chi connectivity index (χ1v) is 8.21. The predicted molar refractivity (Wildman–Crippen MR) is 98.1 cm³/mol. The van der Waals surface area contributed by atoms with Crippen molar-refractivity contribution in [1.29, 1.82) is 0 Å². The summed E-state index contributed by atoms with van der Waals surface area (Å²) in [4.78, 5) is 20.0. The number of halogens is 2. The van der Waals surface area contributed by atoms with E-state index in [9.17, 15) is 13.4 Å². The van der Waals surface area contributed by atoms with E-state index in [0.717, 1.165) is 18.8 Å². The van der Waals surface area contributed by atoms with Crippen molar-refractivity contribution < 1.29 is 13.4 Å². The molecule has 0 bridgehead atoms. The lowest BCUT2D eigenvalue weighted by atomic mass is 9.81. The highest BCUT2D eigenvalue weighted by Gasteiger charge is 2.29. The number of aliphatic imine (C=N–C) groups is 1. The third kappa shape index (κ3) is 3.27. The number of benzene rings is 1. The maximum absolute atomic E-state index is 13.5. The lowest BCUT2D eigenvalue weighted by molar-refractivity contribution is -0.120. The van der Waals surface area contributed by atoms with Gasteiger partial charge in [-0.2, -0.15) is 0 Å². The van der Waals surface area contributed by atoms with Crippen molar-refractivity contribution in [1.82, 2.24) is 4.90 Å². The first-order chi connectivity index (χ1) is 12.0. The first-order valence-electron chi connectivity index (χ1n) is 8.21. The Morgan fingerprint density at radius 3 is 2.64 bits per heavy atom. The summed E-state index contributed by atoms with van der Waals surface area (Å²) >= 11 is 0. The number of fused-ring (bicyclic) bond motifs is 1. The molecule has 7 heteroatoms. The van der Waals surface area contributed by atoms with Gasteiger partial charge in [-0.3, -0.25) is 18.3 Å². The van der Waals surface area contributed by atoms with E-state index in [2.05, 4.69) is 4.99 Å². The molecular weight excluding hydrogens is 323 g/mol. The highest BCUT2D eigenvalue weighted by atomic mass is 19.2. The summed E-state index contributed by atoms with van der Waals surface area (Å²) in [5, 5.41) is 0. The Morgan fingerprint density at radius 2 is 2.00 bits per heavy atom. The third-order valence-corrected chi connectivity index (χ3v) is 4.24. The van der Waals surface area contributed by atoms with E-state index in [1.165, 1.54) is 17.0 Å². The molecule has 128 valence electrons. The van der Waals surface area contributed by atoms with E-state index in [4.69, 9.17) is 0 Å². The van der Waals surface area contributed by atoms with Gasteiger partial charge in [0.2, 0.25) is 0 Å². The van der Waals surface area contributed by atoms with Crippen molar-refractivity contribution >= 4 is 36.2 Å². The van der Waals surface area contributed by atoms with Gasteiger partial charge in [-0.25, -0.2) is 4.99 Å². The largest absolute Gasteiger partial charge is 0.572 e. The summed E-state index contributed by atoms with van der Waals surface area (Å²) in [6, 6.07) is 4.91. The van der Waals surface area contributed by atoms with Gasteiger partial charge in [-0.1, -0.05) is 12.1 Å². The molecule has 1 aromatic rings. The molecule has 0 saturated carbocycles. The summed E-state index contributed by atoms with van der Waals surface area (Å²) in [7, 11) is -2.63.